The summed E-state index contributed by atoms with van der Waals surface area (Å²) in [5.41, 5.74) is 0.782. The number of benzene rings is 1. The van der Waals surface area contributed by atoms with Crippen molar-refractivity contribution in [2.45, 2.75) is 103 Å². The van der Waals surface area contributed by atoms with E-state index in [0.717, 1.165) is 18.4 Å². The first-order valence-corrected chi connectivity index (χ1v) is 11.9. The second kappa shape index (κ2) is 17.9. The van der Waals surface area contributed by atoms with Crippen molar-refractivity contribution in [3.05, 3.63) is 23.8 Å². The third-order valence-electron chi connectivity index (χ3n) is 5.37. The van der Waals surface area contributed by atoms with Gasteiger partial charge in [-0.1, -0.05) is 96.5 Å². The molecular formula is C25H42O5. The molecule has 0 heterocycles. The van der Waals surface area contributed by atoms with Crippen LogP contribution in [0.1, 0.15) is 102 Å². The number of hydrogen-bond acceptors (Lipinski definition) is 5. The molecule has 0 spiro atoms. The van der Waals surface area contributed by atoms with Crippen LogP contribution < -0.4 is 0 Å². The average Bonchev–Trinajstić information content (AvgIpc) is 2.73. The van der Waals surface area contributed by atoms with Gasteiger partial charge in [0.05, 0.1) is 13.2 Å². The van der Waals surface area contributed by atoms with E-state index >= 15 is 0 Å². The maximum absolute atomic E-state index is 11.6. The van der Waals surface area contributed by atoms with Crippen LogP contribution in [0, 0.1) is 0 Å². The van der Waals surface area contributed by atoms with Gasteiger partial charge in [-0.25, -0.2) is 4.79 Å². The van der Waals surface area contributed by atoms with Gasteiger partial charge in [0, 0.05) is 6.42 Å². The molecule has 0 aromatic heterocycles. The molecule has 172 valence electrons. The Morgan fingerprint density at radius 3 is 1.73 bits per heavy atom. The Kier molecular flexibility index (Phi) is 15.6. The van der Waals surface area contributed by atoms with Gasteiger partial charge in [0.2, 0.25) is 0 Å². The molecule has 1 aromatic rings. The van der Waals surface area contributed by atoms with Crippen LogP contribution in [0.4, 0.5) is 4.79 Å². The topological polar surface area (TPSA) is 76.0 Å². The third kappa shape index (κ3) is 14.1. The van der Waals surface area contributed by atoms with E-state index in [9.17, 15) is 15.0 Å². The Balaban J connectivity index is 1.83. The smallest absolute Gasteiger partial charge is 0.504 e. The molecule has 0 atom stereocenters. The number of ether oxygens (including phenoxy) is 2. The van der Waals surface area contributed by atoms with E-state index in [1.807, 2.05) is 0 Å². The zero-order valence-electron chi connectivity index (χ0n) is 18.9. The second-order valence-corrected chi connectivity index (χ2v) is 8.12. The van der Waals surface area contributed by atoms with Crippen molar-refractivity contribution in [3.63, 3.8) is 0 Å². The Morgan fingerprint density at radius 1 is 0.700 bits per heavy atom. The SMILES string of the molecule is CCCCCCCCCCCCCCCCOC(=O)OCCc1ccc(O)c(O)c1. The van der Waals surface area contributed by atoms with E-state index < -0.39 is 6.16 Å². The van der Waals surface area contributed by atoms with Gasteiger partial charge in [-0.3, -0.25) is 0 Å². The van der Waals surface area contributed by atoms with Crippen molar-refractivity contribution >= 4 is 6.16 Å². The Labute approximate surface area is 182 Å². The van der Waals surface area contributed by atoms with Gasteiger partial charge in [0.15, 0.2) is 11.5 Å². The highest BCUT2D eigenvalue weighted by atomic mass is 16.7. The summed E-state index contributed by atoms with van der Waals surface area (Å²) in [7, 11) is 0. The van der Waals surface area contributed by atoms with Crippen molar-refractivity contribution in [3.8, 4) is 11.5 Å². The molecule has 0 bridgehead atoms. The molecule has 0 aliphatic heterocycles. The highest BCUT2D eigenvalue weighted by Gasteiger charge is 2.05. The lowest BCUT2D eigenvalue weighted by molar-refractivity contribution is 0.0548. The fraction of sp³-hybridized carbons (Fsp3) is 0.720. The molecule has 5 nitrogen and oxygen atoms in total. The fourth-order valence-electron chi connectivity index (χ4n) is 3.47. The van der Waals surface area contributed by atoms with Gasteiger partial charge in [0.1, 0.15) is 0 Å². The normalized spacial score (nSPS) is 10.8. The molecule has 0 aliphatic rings. The second-order valence-electron chi connectivity index (χ2n) is 8.12. The maximum atomic E-state index is 11.6. The molecule has 0 unspecified atom stereocenters. The molecule has 0 saturated carbocycles. The predicted octanol–water partition coefficient (Wildman–Crippen LogP) is 7.27. The van der Waals surface area contributed by atoms with Gasteiger partial charge >= 0.3 is 6.16 Å². The van der Waals surface area contributed by atoms with Gasteiger partial charge in [-0.2, -0.15) is 0 Å². The minimum atomic E-state index is -0.646. The van der Waals surface area contributed by atoms with E-state index in [-0.39, 0.29) is 18.1 Å². The van der Waals surface area contributed by atoms with Crippen LogP contribution in [0.25, 0.3) is 0 Å². The van der Waals surface area contributed by atoms with Crippen LogP contribution in [-0.4, -0.2) is 29.6 Å². The quantitative estimate of drug-likeness (QED) is 0.148. The van der Waals surface area contributed by atoms with E-state index in [2.05, 4.69) is 6.92 Å². The molecule has 5 heteroatoms. The zero-order chi connectivity index (χ0) is 21.9. The number of carbonyl (C=O) groups is 1. The standard InChI is InChI=1S/C25H42O5/c1-2-3-4-5-6-7-8-9-10-11-12-13-14-15-19-29-25(28)30-20-18-22-16-17-23(26)24(27)21-22/h16-17,21,26-27H,2-15,18-20H2,1H3. The van der Waals surface area contributed by atoms with Crippen molar-refractivity contribution in [2.75, 3.05) is 13.2 Å². The number of aromatic hydroxyl groups is 2. The molecule has 1 rings (SSSR count). The van der Waals surface area contributed by atoms with Gasteiger partial charge in [-0.15, -0.1) is 0 Å². The van der Waals surface area contributed by atoms with E-state index in [1.54, 1.807) is 6.07 Å². The van der Waals surface area contributed by atoms with Gasteiger partial charge in [-0.05, 0) is 24.1 Å². The van der Waals surface area contributed by atoms with E-state index in [4.69, 9.17) is 9.47 Å². The van der Waals surface area contributed by atoms with E-state index in [1.165, 1.54) is 89.2 Å². The third-order valence-corrected chi connectivity index (χ3v) is 5.37. The number of carbonyl (C=O) groups excluding carboxylic acids is 1. The van der Waals surface area contributed by atoms with Crippen LogP contribution in [0.3, 0.4) is 0 Å². The van der Waals surface area contributed by atoms with Crippen molar-refractivity contribution in [2.24, 2.45) is 0 Å². The van der Waals surface area contributed by atoms with Crippen molar-refractivity contribution in [1.29, 1.82) is 0 Å². The molecule has 0 fully saturated rings. The fourth-order valence-corrected chi connectivity index (χ4v) is 3.47. The average molecular weight is 423 g/mol. The zero-order valence-corrected chi connectivity index (χ0v) is 18.9. The summed E-state index contributed by atoms with van der Waals surface area (Å²) in [6, 6.07) is 4.55. The first-order chi connectivity index (χ1) is 14.6. The monoisotopic (exact) mass is 422 g/mol. The van der Waals surface area contributed by atoms with Crippen LogP contribution in [0.2, 0.25) is 0 Å². The molecule has 0 radical (unpaired) electrons. The summed E-state index contributed by atoms with van der Waals surface area (Å²) in [4.78, 5) is 11.6. The number of unbranched alkanes of at least 4 members (excludes halogenated alkanes) is 13. The summed E-state index contributed by atoms with van der Waals surface area (Å²) < 4.78 is 10.1. The molecule has 30 heavy (non-hydrogen) atoms. The van der Waals surface area contributed by atoms with Gasteiger partial charge < -0.3 is 19.7 Å². The maximum Gasteiger partial charge on any atom is 0.508 e. The lowest BCUT2D eigenvalue weighted by atomic mass is 10.0. The number of phenols is 2. The summed E-state index contributed by atoms with van der Waals surface area (Å²) in [6.07, 6.45) is 18.0. The first kappa shape index (κ1) is 26.1. The summed E-state index contributed by atoms with van der Waals surface area (Å²) in [5, 5.41) is 18.7. The summed E-state index contributed by atoms with van der Waals surface area (Å²) in [6.45, 7) is 2.84. The predicted molar refractivity (Wildman–Crippen MR) is 121 cm³/mol. The van der Waals surface area contributed by atoms with Crippen LogP contribution in [0.5, 0.6) is 11.5 Å². The Bertz CT molecular complexity index is 558. The largest absolute Gasteiger partial charge is 0.508 e. The molecule has 1 aromatic carbocycles. The Morgan fingerprint density at radius 2 is 1.20 bits per heavy atom. The van der Waals surface area contributed by atoms with E-state index in [0.29, 0.717) is 13.0 Å². The number of rotatable bonds is 18. The van der Waals surface area contributed by atoms with Gasteiger partial charge in [0.25, 0.3) is 0 Å². The lowest BCUT2D eigenvalue weighted by Crippen LogP contribution is -2.10. The Hall–Kier alpha value is -1.91. The minimum Gasteiger partial charge on any atom is -0.504 e. The van der Waals surface area contributed by atoms with Crippen molar-refractivity contribution in [1.82, 2.24) is 0 Å². The van der Waals surface area contributed by atoms with Crippen molar-refractivity contribution < 1.29 is 24.5 Å². The highest BCUT2D eigenvalue weighted by Crippen LogP contribution is 2.25. The molecule has 0 amide bonds. The molecule has 2 N–H and O–H groups in total. The lowest BCUT2D eigenvalue weighted by Gasteiger charge is -2.07. The highest BCUT2D eigenvalue weighted by molar-refractivity contribution is 5.59. The van der Waals surface area contributed by atoms with Crippen LogP contribution >= 0.6 is 0 Å². The molecular weight excluding hydrogens is 380 g/mol. The number of hydrogen-bond donors (Lipinski definition) is 2. The number of phenolic OH excluding ortho intramolecular Hbond substituents is 2. The summed E-state index contributed by atoms with van der Waals surface area (Å²) in [5.74, 6) is -0.333. The minimum absolute atomic E-state index is 0.160. The molecule has 0 aliphatic carbocycles. The first-order valence-electron chi connectivity index (χ1n) is 11.9. The van der Waals surface area contributed by atoms with Crippen LogP contribution in [0.15, 0.2) is 18.2 Å². The summed E-state index contributed by atoms with van der Waals surface area (Å²) >= 11 is 0. The van der Waals surface area contributed by atoms with Crippen LogP contribution in [-0.2, 0) is 15.9 Å². The molecule has 0 saturated heterocycles.